The molecule has 0 aliphatic carbocycles. The van der Waals surface area contributed by atoms with Gasteiger partial charge in [0.25, 0.3) is 0 Å². The van der Waals surface area contributed by atoms with Crippen molar-refractivity contribution in [1.29, 1.82) is 0 Å². The summed E-state index contributed by atoms with van der Waals surface area (Å²) in [6.07, 6.45) is 0. The van der Waals surface area contributed by atoms with Crippen molar-refractivity contribution < 1.29 is 26.3 Å². The van der Waals surface area contributed by atoms with Crippen LogP contribution in [0.5, 0.6) is 0 Å². The highest BCUT2D eigenvalue weighted by Crippen LogP contribution is 2.34. The lowest BCUT2D eigenvalue weighted by Gasteiger charge is -2.11. The van der Waals surface area contributed by atoms with E-state index < -0.39 is 40.5 Å². The highest BCUT2D eigenvalue weighted by Gasteiger charge is 2.27. The Bertz CT molecular complexity index is 654. The lowest BCUT2D eigenvalue weighted by Crippen LogP contribution is -2.05. The molecule has 0 aliphatic rings. The van der Waals surface area contributed by atoms with E-state index in [9.17, 15) is 26.3 Å². The molecule has 7 heteroatoms. The highest BCUT2D eigenvalue weighted by atomic mass is 79.9. The Balaban J connectivity index is 2.83. The van der Waals surface area contributed by atoms with Crippen molar-refractivity contribution in [2.75, 3.05) is 0 Å². The third-order valence-electron chi connectivity index (χ3n) is 2.69. The van der Waals surface area contributed by atoms with Crippen LogP contribution in [0.3, 0.4) is 0 Å². The Kier molecular flexibility index (Phi) is 4.08. The molecule has 0 spiro atoms. The van der Waals surface area contributed by atoms with Gasteiger partial charge in [-0.3, -0.25) is 0 Å². The number of alkyl halides is 1. The molecule has 0 N–H and O–H groups in total. The van der Waals surface area contributed by atoms with Gasteiger partial charge in [0.05, 0.1) is 5.56 Å². The predicted molar refractivity (Wildman–Crippen MR) is 64.3 cm³/mol. The van der Waals surface area contributed by atoms with Crippen molar-refractivity contribution in [2.24, 2.45) is 0 Å². The van der Waals surface area contributed by atoms with Gasteiger partial charge in [-0.2, -0.15) is 0 Å². The van der Waals surface area contributed by atoms with Crippen molar-refractivity contribution in [3.05, 3.63) is 58.7 Å². The number of benzene rings is 2. The molecule has 0 heterocycles. The number of hydrogen-bond acceptors (Lipinski definition) is 0. The van der Waals surface area contributed by atoms with Crippen LogP contribution in [0.15, 0.2) is 18.2 Å². The molecule has 0 fully saturated rings. The van der Waals surface area contributed by atoms with Crippen LogP contribution in [0.1, 0.15) is 5.56 Å². The number of hydrogen-bond donors (Lipinski definition) is 0. The molecule has 0 saturated heterocycles. The van der Waals surface area contributed by atoms with Gasteiger partial charge in [0.15, 0.2) is 23.3 Å². The smallest absolute Gasteiger partial charge is 0.200 e. The number of halogens is 7. The molecule has 0 atom stereocenters. The summed E-state index contributed by atoms with van der Waals surface area (Å²) in [7, 11) is 0. The second-order valence-corrected chi connectivity index (χ2v) is 4.44. The molecule has 106 valence electrons. The first-order valence-electron chi connectivity index (χ1n) is 5.24. The Morgan fingerprint density at radius 3 is 1.75 bits per heavy atom. The molecule has 0 radical (unpaired) electrons. The minimum Gasteiger partial charge on any atom is -0.207 e. The van der Waals surface area contributed by atoms with E-state index in [1.165, 1.54) is 0 Å². The van der Waals surface area contributed by atoms with Crippen LogP contribution >= 0.6 is 15.9 Å². The maximum atomic E-state index is 13.7. The van der Waals surface area contributed by atoms with E-state index in [-0.39, 0.29) is 16.5 Å². The van der Waals surface area contributed by atoms with E-state index in [1.54, 1.807) is 0 Å². The van der Waals surface area contributed by atoms with Gasteiger partial charge in [-0.25, -0.2) is 26.3 Å². The van der Waals surface area contributed by atoms with Crippen LogP contribution in [0.4, 0.5) is 26.3 Å². The summed E-state index contributed by atoms with van der Waals surface area (Å²) in [5.41, 5.74) is -1.28. The summed E-state index contributed by atoms with van der Waals surface area (Å²) in [4.78, 5) is 0. The largest absolute Gasteiger partial charge is 0.207 e. The summed E-state index contributed by atoms with van der Waals surface area (Å²) < 4.78 is 79.7. The summed E-state index contributed by atoms with van der Waals surface area (Å²) in [5.74, 6) is -10.9. The van der Waals surface area contributed by atoms with Crippen molar-refractivity contribution in [2.45, 2.75) is 5.33 Å². The zero-order valence-electron chi connectivity index (χ0n) is 9.58. The van der Waals surface area contributed by atoms with Gasteiger partial charge in [-0.15, -0.1) is 0 Å². The average Bonchev–Trinajstić information content (AvgIpc) is 2.44. The van der Waals surface area contributed by atoms with Crippen LogP contribution in [0, 0.1) is 34.9 Å². The van der Waals surface area contributed by atoms with Gasteiger partial charge in [0.1, 0.15) is 5.82 Å². The van der Waals surface area contributed by atoms with Crippen molar-refractivity contribution in [1.82, 2.24) is 0 Å². The van der Waals surface area contributed by atoms with Crippen molar-refractivity contribution >= 4 is 15.9 Å². The zero-order chi connectivity index (χ0) is 15.0. The van der Waals surface area contributed by atoms with E-state index in [0.717, 1.165) is 18.2 Å². The first-order valence-corrected chi connectivity index (χ1v) is 6.36. The Morgan fingerprint density at radius 1 is 0.750 bits per heavy atom. The van der Waals surface area contributed by atoms with Crippen LogP contribution in [0.2, 0.25) is 0 Å². The van der Waals surface area contributed by atoms with E-state index in [1.807, 2.05) is 0 Å². The maximum Gasteiger partial charge on any atom is 0.200 e. The van der Waals surface area contributed by atoms with E-state index in [0.29, 0.717) is 0 Å². The summed E-state index contributed by atoms with van der Waals surface area (Å²) in [6.45, 7) is 0. The van der Waals surface area contributed by atoms with Gasteiger partial charge in [-0.05, 0) is 23.3 Å². The van der Waals surface area contributed by atoms with Gasteiger partial charge >= 0.3 is 0 Å². The molecule has 2 aromatic rings. The van der Waals surface area contributed by atoms with Gasteiger partial charge < -0.3 is 0 Å². The van der Waals surface area contributed by atoms with Crippen LogP contribution < -0.4 is 0 Å². The van der Waals surface area contributed by atoms with E-state index >= 15 is 0 Å². The first kappa shape index (κ1) is 14.9. The normalized spacial score (nSPS) is 10.9. The molecule has 2 rings (SSSR count). The monoisotopic (exact) mass is 354 g/mol. The molecule has 0 bridgehead atoms. The first-order chi connectivity index (χ1) is 9.38. The highest BCUT2D eigenvalue weighted by molar-refractivity contribution is 9.08. The Hall–Kier alpha value is -1.50. The summed E-state index contributed by atoms with van der Waals surface area (Å²) in [6, 6.07) is 2.78. The van der Waals surface area contributed by atoms with Gasteiger partial charge in [0, 0.05) is 5.33 Å². The van der Waals surface area contributed by atoms with Crippen molar-refractivity contribution in [3.63, 3.8) is 0 Å². The molecular weight excluding hydrogens is 350 g/mol. The third kappa shape index (κ3) is 2.30. The molecule has 0 unspecified atom stereocenters. The SMILES string of the molecule is Fc1ccc(-c2c(F)c(F)c(F)c(F)c2F)c(CBr)c1. The minimum absolute atomic E-state index is 0.0143. The molecule has 0 nitrogen and oxygen atoms in total. The molecule has 0 aliphatic heterocycles. The second-order valence-electron chi connectivity index (χ2n) is 3.88. The maximum absolute atomic E-state index is 13.7. The number of rotatable bonds is 2. The van der Waals surface area contributed by atoms with Crippen LogP contribution in [-0.2, 0) is 5.33 Å². The minimum atomic E-state index is -2.23. The topological polar surface area (TPSA) is 0 Å². The quantitative estimate of drug-likeness (QED) is 0.305. The molecule has 0 aromatic heterocycles. The molecule has 20 heavy (non-hydrogen) atoms. The fourth-order valence-electron chi connectivity index (χ4n) is 1.76. The molecular formula is C13H5BrF6. The Morgan fingerprint density at radius 2 is 1.25 bits per heavy atom. The molecule has 2 aromatic carbocycles. The second kappa shape index (κ2) is 5.47. The third-order valence-corrected chi connectivity index (χ3v) is 3.29. The lowest BCUT2D eigenvalue weighted by molar-refractivity contribution is 0.381. The fraction of sp³-hybridized carbons (Fsp3) is 0.0769. The zero-order valence-corrected chi connectivity index (χ0v) is 11.2. The molecule has 0 amide bonds. The fourth-order valence-corrected chi connectivity index (χ4v) is 2.22. The van der Waals surface area contributed by atoms with Crippen LogP contribution in [0.25, 0.3) is 11.1 Å². The van der Waals surface area contributed by atoms with E-state index in [2.05, 4.69) is 15.9 Å². The standard InChI is InChI=1S/C13H5BrF6/c14-4-5-3-6(15)1-2-7(5)8-9(16)11(18)13(20)12(19)10(8)17/h1-3H,4H2. The summed E-state index contributed by atoms with van der Waals surface area (Å²) >= 11 is 2.97. The Labute approximate surface area is 118 Å². The lowest BCUT2D eigenvalue weighted by atomic mass is 9.99. The van der Waals surface area contributed by atoms with Gasteiger partial charge in [-0.1, -0.05) is 22.0 Å². The summed E-state index contributed by atoms with van der Waals surface area (Å²) in [5, 5.41) is -0.0143. The van der Waals surface area contributed by atoms with Crippen LogP contribution in [-0.4, -0.2) is 0 Å². The average molecular weight is 355 g/mol. The predicted octanol–water partition coefficient (Wildman–Crippen LogP) is 5.08. The van der Waals surface area contributed by atoms with E-state index in [4.69, 9.17) is 0 Å². The molecule has 0 saturated carbocycles. The van der Waals surface area contributed by atoms with Crippen molar-refractivity contribution in [3.8, 4) is 11.1 Å². The van der Waals surface area contributed by atoms with Gasteiger partial charge in [0.2, 0.25) is 5.82 Å².